The molecule has 2 heterocycles. The van der Waals surface area contributed by atoms with Crippen LogP contribution in [-0.4, -0.2) is 22.8 Å². The van der Waals surface area contributed by atoms with E-state index < -0.39 is 5.97 Å². The maximum atomic E-state index is 13.0. The number of rotatable bonds is 4. The lowest BCUT2D eigenvalue weighted by Gasteiger charge is -2.19. The number of nitrogens with zero attached hydrogens (tertiary/aromatic N) is 1. The molecule has 4 nitrogen and oxygen atoms in total. The van der Waals surface area contributed by atoms with Crippen LogP contribution in [-0.2, 0) is 10.2 Å². The molecule has 0 radical (unpaired) electrons. The van der Waals surface area contributed by atoms with Gasteiger partial charge in [0.2, 0.25) is 5.78 Å². The van der Waals surface area contributed by atoms with E-state index in [-0.39, 0.29) is 17.8 Å². The highest BCUT2D eigenvalue weighted by atomic mass is 16.5. The standard InChI is InChI=1S/C22H23NO3/c1-5-26-21(25)17-14-19(20(24)15-9-7-6-8-10-15)23-12-11-16(13-18(17)23)22(2,3)4/h6-14H,5H2,1-4H3. The molecule has 0 spiro atoms. The van der Waals surface area contributed by atoms with Gasteiger partial charge in [0, 0.05) is 11.8 Å². The van der Waals surface area contributed by atoms with Gasteiger partial charge in [-0.15, -0.1) is 0 Å². The number of benzene rings is 1. The number of ether oxygens (including phenoxy) is 1. The summed E-state index contributed by atoms with van der Waals surface area (Å²) in [7, 11) is 0. The van der Waals surface area contributed by atoms with Crippen molar-refractivity contribution in [2.24, 2.45) is 0 Å². The Morgan fingerprint density at radius 3 is 2.35 bits per heavy atom. The van der Waals surface area contributed by atoms with Crippen LogP contribution in [0.3, 0.4) is 0 Å². The molecule has 0 N–H and O–H groups in total. The molecule has 3 rings (SSSR count). The molecule has 1 aromatic carbocycles. The van der Waals surface area contributed by atoms with Gasteiger partial charge in [-0.25, -0.2) is 4.79 Å². The summed E-state index contributed by atoms with van der Waals surface area (Å²) in [6, 6.07) is 14.7. The summed E-state index contributed by atoms with van der Waals surface area (Å²) in [4.78, 5) is 25.4. The highest BCUT2D eigenvalue weighted by Gasteiger charge is 2.23. The van der Waals surface area contributed by atoms with Crippen LogP contribution in [0.1, 0.15) is 59.7 Å². The van der Waals surface area contributed by atoms with Gasteiger partial charge in [0.1, 0.15) is 0 Å². The SMILES string of the molecule is CCOC(=O)c1cc(C(=O)c2ccccc2)n2ccc(C(C)(C)C)cc12. The first-order valence-corrected chi connectivity index (χ1v) is 8.75. The minimum absolute atomic E-state index is 0.0679. The number of carbonyl (C=O) groups excluding carboxylic acids is 2. The van der Waals surface area contributed by atoms with Crippen LogP contribution < -0.4 is 0 Å². The lowest BCUT2D eigenvalue weighted by molar-refractivity contribution is 0.0529. The summed E-state index contributed by atoms with van der Waals surface area (Å²) < 4.78 is 6.97. The second-order valence-corrected chi connectivity index (χ2v) is 7.28. The number of aromatic nitrogens is 1. The number of pyridine rings is 1. The van der Waals surface area contributed by atoms with Crippen molar-refractivity contribution in [1.29, 1.82) is 0 Å². The number of esters is 1. The molecule has 0 atom stereocenters. The largest absolute Gasteiger partial charge is 0.462 e. The molecule has 0 saturated heterocycles. The van der Waals surface area contributed by atoms with Gasteiger partial charge in [-0.1, -0.05) is 51.1 Å². The van der Waals surface area contributed by atoms with Gasteiger partial charge in [-0.3, -0.25) is 4.79 Å². The van der Waals surface area contributed by atoms with Crippen molar-refractivity contribution in [2.45, 2.75) is 33.1 Å². The summed E-state index contributed by atoms with van der Waals surface area (Å²) in [5.74, 6) is -0.539. The van der Waals surface area contributed by atoms with Gasteiger partial charge in [0.25, 0.3) is 0 Å². The number of fused-ring (bicyclic) bond motifs is 1. The molecular weight excluding hydrogens is 326 g/mol. The van der Waals surface area contributed by atoms with Crippen molar-refractivity contribution >= 4 is 17.3 Å². The van der Waals surface area contributed by atoms with Crippen molar-refractivity contribution in [2.75, 3.05) is 6.61 Å². The molecule has 0 saturated carbocycles. The highest BCUT2D eigenvalue weighted by molar-refractivity contribution is 6.11. The fourth-order valence-electron chi connectivity index (χ4n) is 2.95. The van der Waals surface area contributed by atoms with Crippen LogP contribution in [0.4, 0.5) is 0 Å². The van der Waals surface area contributed by atoms with Crippen molar-refractivity contribution < 1.29 is 14.3 Å². The fourth-order valence-corrected chi connectivity index (χ4v) is 2.95. The first-order valence-electron chi connectivity index (χ1n) is 8.75. The summed E-state index contributed by atoms with van der Waals surface area (Å²) in [5, 5.41) is 0. The normalized spacial score (nSPS) is 11.5. The van der Waals surface area contributed by atoms with Crippen LogP contribution in [0.5, 0.6) is 0 Å². The predicted molar refractivity (Wildman–Crippen MR) is 102 cm³/mol. The minimum atomic E-state index is -0.414. The van der Waals surface area contributed by atoms with Crippen molar-refractivity contribution in [1.82, 2.24) is 4.40 Å². The van der Waals surface area contributed by atoms with Crippen LogP contribution in [0.25, 0.3) is 5.52 Å². The monoisotopic (exact) mass is 349 g/mol. The first kappa shape index (κ1) is 17.9. The molecule has 0 fully saturated rings. The van der Waals surface area contributed by atoms with E-state index in [1.165, 1.54) is 0 Å². The molecule has 0 bridgehead atoms. The van der Waals surface area contributed by atoms with E-state index in [1.54, 1.807) is 29.5 Å². The topological polar surface area (TPSA) is 47.8 Å². The maximum Gasteiger partial charge on any atom is 0.340 e. The van der Waals surface area contributed by atoms with E-state index in [4.69, 9.17) is 4.74 Å². The van der Waals surface area contributed by atoms with Gasteiger partial charge < -0.3 is 9.14 Å². The van der Waals surface area contributed by atoms with Crippen LogP contribution in [0.15, 0.2) is 54.7 Å². The van der Waals surface area contributed by atoms with E-state index in [9.17, 15) is 9.59 Å². The second-order valence-electron chi connectivity index (χ2n) is 7.28. The van der Waals surface area contributed by atoms with E-state index in [0.717, 1.165) is 5.56 Å². The smallest absolute Gasteiger partial charge is 0.340 e. The van der Waals surface area contributed by atoms with E-state index in [2.05, 4.69) is 20.8 Å². The Morgan fingerprint density at radius 2 is 1.73 bits per heavy atom. The van der Waals surface area contributed by atoms with Gasteiger partial charge in [-0.05, 0) is 36.1 Å². The lowest BCUT2D eigenvalue weighted by atomic mass is 9.87. The third-order valence-electron chi connectivity index (χ3n) is 4.40. The van der Waals surface area contributed by atoms with E-state index in [0.29, 0.717) is 22.3 Å². The summed E-state index contributed by atoms with van der Waals surface area (Å²) in [6.07, 6.45) is 1.86. The molecule has 0 aliphatic carbocycles. The van der Waals surface area contributed by atoms with Crippen molar-refractivity contribution in [3.05, 3.63) is 77.1 Å². The Morgan fingerprint density at radius 1 is 1.04 bits per heavy atom. The number of ketones is 1. The Balaban J connectivity index is 2.21. The molecule has 0 unspecified atom stereocenters. The van der Waals surface area contributed by atoms with E-state index >= 15 is 0 Å². The molecule has 0 amide bonds. The number of hydrogen-bond acceptors (Lipinski definition) is 3. The third kappa shape index (κ3) is 3.27. The zero-order valence-corrected chi connectivity index (χ0v) is 15.6. The fraction of sp³-hybridized carbons (Fsp3) is 0.273. The zero-order valence-electron chi connectivity index (χ0n) is 15.6. The van der Waals surface area contributed by atoms with E-state index in [1.807, 2.05) is 36.5 Å². The van der Waals surface area contributed by atoms with Gasteiger partial charge in [-0.2, -0.15) is 0 Å². The predicted octanol–water partition coefficient (Wildman–Crippen LogP) is 4.64. The molecule has 2 aromatic heterocycles. The summed E-state index contributed by atoms with van der Waals surface area (Å²) in [6.45, 7) is 8.40. The summed E-state index contributed by atoms with van der Waals surface area (Å²) >= 11 is 0. The Hall–Kier alpha value is -2.88. The molecule has 3 aromatic rings. The molecule has 26 heavy (non-hydrogen) atoms. The van der Waals surface area contributed by atoms with Gasteiger partial charge in [0.15, 0.2) is 0 Å². The molecule has 0 aliphatic heterocycles. The number of hydrogen-bond donors (Lipinski definition) is 0. The Bertz CT molecular complexity index is 962. The summed E-state index contributed by atoms with van der Waals surface area (Å²) in [5.41, 5.74) is 3.17. The van der Waals surface area contributed by atoms with Crippen LogP contribution >= 0.6 is 0 Å². The molecule has 134 valence electrons. The maximum absolute atomic E-state index is 13.0. The average molecular weight is 349 g/mol. The second kappa shape index (κ2) is 6.79. The third-order valence-corrected chi connectivity index (χ3v) is 4.40. The first-order chi connectivity index (χ1) is 12.3. The Labute approximate surface area is 153 Å². The highest BCUT2D eigenvalue weighted by Crippen LogP contribution is 2.27. The average Bonchev–Trinajstić information content (AvgIpc) is 3.00. The minimum Gasteiger partial charge on any atom is -0.462 e. The molecular formula is C22H23NO3. The van der Waals surface area contributed by atoms with Crippen LogP contribution in [0, 0.1) is 0 Å². The van der Waals surface area contributed by atoms with Crippen molar-refractivity contribution in [3.8, 4) is 0 Å². The Kier molecular flexibility index (Phi) is 4.68. The lowest BCUT2D eigenvalue weighted by Crippen LogP contribution is -2.12. The number of carbonyl (C=O) groups is 2. The zero-order chi connectivity index (χ0) is 18.9. The van der Waals surface area contributed by atoms with Gasteiger partial charge in [0.05, 0.1) is 23.4 Å². The van der Waals surface area contributed by atoms with Gasteiger partial charge >= 0.3 is 5.97 Å². The molecule has 0 aliphatic rings. The van der Waals surface area contributed by atoms with Crippen LogP contribution in [0.2, 0.25) is 0 Å². The van der Waals surface area contributed by atoms with Crippen molar-refractivity contribution in [3.63, 3.8) is 0 Å². The quantitative estimate of drug-likeness (QED) is 0.509. The molecule has 4 heteroatoms.